The van der Waals surface area contributed by atoms with Gasteiger partial charge in [0.2, 0.25) is 5.91 Å². The van der Waals surface area contributed by atoms with Gasteiger partial charge in [0, 0.05) is 30.6 Å². The van der Waals surface area contributed by atoms with E-state index in [0.29, 0.717) is 19.1 Å². The average molecular weight is 402 g/mol. The maximum atomic E-state index is 12.5. The lowest BCUT2D eigenvalue weighted by atomic mass is 9.94. The number of fused-ring (bicyclic) bond motifs is 3. The zero-order valence-electron chi connectivity index (χ0n) is 16.0. The molecule has 7 nitrogen and oxygen atoms in total. The molecule has 0 saturated carbocycles. The predicted octanol–water partition coefficient (Wildman–Crippen LogP) is 2.22. The number of ether oxygens (including phenoxy) is 1. The SMILES string of the molecule is CN1Cc2cc(Cl)ccc2-n2c(nnc2C2CCN(C(=O)C3COC3)CC2)C1. The molecule has 3 aliphatic heterocycles. The summed E-state index contributed by atoms with van der Waals surface area (Å²) in [6.45, 7) is 4.27. The van der Waals surface area contributed by atoms with Crippen LogP contribution in [0, 0.1) is 5.92 Å². The van der Waals surface area contributed by atoms with E-state index in [9.17, 15) is 4.79 Å². The molecule has 8 heteroatoms. The van der Waals surface area contributed by atoms with Crippen molar-refractivity contribution in [3.63, 3.8) is 0 Å². The van der Waals surface area contributed by atoms with Gasteiger partial charge in [-0.25, -0.2) is 0 Å². The molecule has 0 spiro atoms. The molecule has 0 atom stereocenters. The first kappa shape index (κ1) is 18.1. The van der Waals surface area contributed by atoms with E-state index in [4.69, 9.17) is 16.3 Å². The predicted molar refractivity (Wildman–Crippen MR) is 104 cm³/mol. The summed E-state index contributed by atoms with van der Waals surface area (Å²) in [5.74, 6) is 2.57. The Labute approximate surface area is 169 Å². The molecule has 1 aromatic carbocycles. The molecule has 1 aromatic heterocycles. The molecule has 0 bridgehead atoms. The third kappa shape index (κ3) is 3.11. The normalized spacial score (nSPS) is 21.0. The minimum atomic E-state index is 0.0630. The number of amides is 1. The van der Waals surface area contributed by atoms with Crippen molar-refractivity contribution in [1.29, 1.82) is 0 Å². The van der Waals surface area contributed by atoms with E-state index in [1.54, 1.807) is 0 Å². The number of likely N-dealkylation sites (tertiary alicyclic amines) is 1. The van der Waals surface area contributed by atoms with Gasteiger partial charge in [-0.2, -0.15) is 0 Å². The van der Waals surface area contributed by atoms with Gasteiger partial charge >= 0.3 is 0 Å². The van der Waals surface area contributed by atoms with Crippen LogP contribution in [0.1, 0.15) is 36.0 Å². The average Bonchev–Trinajstić information content (AvgIpc) is 2.97. The van der Waals surface area contributed by atoms with E-state index in [2.05, 4.69) is 32.8 Å². The molecule has 0 N–H and O–H groups in total. The summed E-state index contributed by atoms with van der Waals surface area (Å²) in [6, 6.07) is 6.04. The fourth-order valence-corrected chi connectivity index (χ4v) is 4.64. The molecule has 0 unspecified atom stereocenters. The zero-order chi connectivity index (χ0) is 19.3. The van der Waals surface area contributed by atoms with Gasteiger partial charge in [0.1, 0.15) is 5.82 Å². The lowest BCUT2D eigenvalue weighted by Gasteiger charge is -2.36. The van der Waals surface area contributed by atoms with Crippen LogP contribution in [0.4, 0.5) is 0 Å². The summed E-state index contributed by atoms with van der Waals surface area (Å²) < 4.78 is 7.39. The van der Waals surface area contributed by atoms with Gasteiger partial charge in [0.15, 0.2) is 5.82 Å². The molecule has 5 rings (SSSR count). The van der Waals surface area contributed by atoms with E-state index in [-0.39, 0.29) is 11.8 Å². The number of hydrogen-bond donors (Lipinski definition) is 0. The Kier molecular flexibility index (Phi) is 4.61. The van der Waals surface area contributed by atoms with Crippen molar-refractivity contribution in [1.82, 2.24) is 24.6 Å². The van der Waals surface area contributed by atoms with Gasteiger partial charge in [-0.3, -0.25) is 14.3 Å². The summed E-state index contributed by atoms with van der Waals surface area (Å²) in [4.78, 5) is 16.7. The van der Waals surface area contributed by atoms with Crippen LogP contribution >= 0.6 is 11.6 Å². The molecule has 2 aromatic rings. The summed E-state index contributed by atoms with van der Waals surface area (Å²) in [5.41, 5.74) is 2.31. The van der Waals surface area contributed by atoms with Crippen molar-refractivity contribution in [2.75, 3.05) is 33.4 Å². The minimum absolute atomic E-state index is 0.0630. The van der Waals surface area contributed by atoms with Gasteiger partial charge < -0.3 is 9.64 Å². The Bertz CT molecular complexity index is 902. The summed E-state index contributed by atoms with van der Waals surface area (Å²) >= 11 is 6.25. The molecule has 0 aliphatic carbocycles. The second-order valence-corrected chi connectivity index (χ2v) is 8.53. The number of hydrogen-bond acceptors (Lipinski definition) is 5. The van der Waals surface area contributed by atoms with Crippen LogP contribution in [-0.2, 0) is 22.6 Å². The topological polar surface area (TPSA) is 63.5 Å². The highest BCUT2D eigenvalue weighted by Gasteiger charge is 2.35. The van der Waals surface area contributed by atoms with Crippen molar-refractivity contribution >= 4 is 17.5 Å². The number of rotatable bonds is 2. The van der Waals surface area contributed by atoms with E-state index in [0.717, 1.165) is 61.4 Å². The molecule has 0 radical (unpaired) electrons. The molecular weight excluding hydrogens is 378 g/mol. The molecule has 1 amide bonds. The van der Waals surface area contributed by atoms with E-state index in [1.807, 2.05) is 17.0 Å². The van der Waals surface area contributed by atoms with Crippen molar-refractivity contribution in [3.05, 3.63) is 40.4 Å². The highest BCUT2D eigenvalue weighted by Crippen LogP contribution is 2.33. The summed E-state index contributed by atoms with van der Waals surface area (Å²) in [7, 11) is 2.09. The second kappa shape index (κ2) is 7.13. The Balaban J connectivity index is 1.41. The second-order valence-electron chi connectivity index (χ2n) is 8.09. The van der Waals surface area contributed by atoms with Crippen LogP contribution in [0.5, 0.6) is 0 Å². The first-order valence-corrected chi connectivity index (χ1v) is 10.3. The van der Waals surface area contributed by atoms with Crippen LogP contribution < -0.4 is 0 Å². The van der Waals surface area contributed by atoms with Crippen molar-refractivity contribution in [3.8, 4) is 5.69 Å². The molecule has 148 valence electrons. The fourth-order valence-electron chi connectivity index (χ4n) is 4.44. The van der Waals surface area contributed by atoms with Crippen molar-refractivity contribution < 1.29 is 9.53 Å². The molecular formula is C20H24ClN5O2. The largest absolute Gasteiger partial charge is 0.380 e. The Morgan fingerprint density at radius 1 is 1.18 bits per heavy atom. The zero-order valence-corrected chi connectivity index (χ0v) is 16.7. The first-order valence-electron chi connectivity index (χ1n) is 9.88. The maximum absolute atomic E-state index is 12.5. The van der Waals surface area contributed by atoms with Gasteiger partial charge in [-0.15, -0.1) is 10.2 Å². The minimum Gasteiger partial charge on any atom is -0.380 e. The van der Waals surface area contributed by atoms with Crippen LogP contribution in [0.15, 0.2) is 18.2 Å². The van der Waals surface area contributed by atoms with Crippen molar-refractivity contribution in [2.45, 2.75) is 31.8 Å². The quantitative estimate of drug-likeness (QED) is 0.772. The van der Waals surface area contributed by atoms with Gasteiger partial charge in [-0.05, 0) is 43.7 Å². The molecule has 3 aliphatic rings. The standard InChI is InChI=1S/C20H24ClN5O2/c1-24-9-14-8-16(21)2-3-17(14)26-18(10-24)22-23-19(26)13-4-6-25(7-5-13)20(27)15-11-28-12-15/h2-3,8,13,15H,4-7,9-12H2,1H3. The number of carbonyl (C=O) groups is 1. The van der Waals surface area contributed by atoms with Crippen LogP contribution in [-0.4, -0.2) is 63.8 Å². The third-order valence-corrected chi connectivity index (χ3v) is 6.28. The maximum Gasteiger partial charge on any atom is 0.230 e. The third-order valence-electron chi connectivity index (χ3n) is 6.05. The number of benzene rings is 1. The van der Waals surface area contributed by atoms with Crippen LogP contribution in [0.3, 0.4) is 0 Å². The highest BCUT2D eigenvalue weighted by molar-refractivity contribution is 6.30. The first-order chi connectivity index (χ1) is 13.6. The Morgan fingerprint density at radius 2 is 1.96 bits per heavy atom. The van der Waals surface area contributed by atoms with Crippen LogP contribution in [0.25, 0.3) is 5.69 Å². The van der Waals surface area contributed by atoms with Gasteiger partial charge in [0.25, 0.3) is 0 Å². The number of nitrogens with zero attached hydrogens (tertiary/aromatic N) is 5. The van der Waals surface area contributed by atoms with Gasteiger partial charge in [-0.1, -0.05) is 11.6 Å². The Morgan fingerprint density at radius 3 is 2.68 bits per heavy atom. The molecule has 4 heterocycles. The van der Waals surface area contributed by atoms with E-state index < -0.39 is 0 Å². The number of carbonyl (C=O) groups excluding carboxylic acids is 1. The summed E-state index contributed by atoms with van der Waals surface area (Å²) in [5, 5.41) is 9.84. The van der Waals surface area contributed by atoms with Gasteiger partial charge in [0.05, 0.1) is 31.4 Å². The van der Waals surface area contributed by atoms with Crippen LogP contribution in [0.2, 0.25) is 5.02 Å². The smallest absolute Gasteiger partial charge is 0.230 e. The van der Waals surface area contributed by atoms with E-state index in [1.165, 1.54) is 5.56 Å². The lowest BCUT2D eigenvalue weighted by Crippen LogP contribution is -2.47. The molecule has 28 heavy (non-hydrogen) atoms. The lowest BCUT2D eigenvalue weighted by molar-refractivity contribution is -0.150. The highest BCUT2D eigenvalue weighted by atomic mass is 35.5. The molecule has 2 saturated heterocycles. The fraction of sp³-hybridized carbons (Fsp3) is 0.550. The summed E-state index contributed by atoms with van der Waals surface area (Å²) in [6.07, 6.45) is 1.83. The molecule has 2 fully saturated rings. The van der Waals surface area contributed by atoms with Crippen molar-refractivity contribution in [2.24, 2.45) is 5.92 Å². The monoisotopic (exact) mass is 401 g/mol. The Hall–Kier alpha value is -1.96. The van der Waals surface area contributed by atoms with E-state index >= 15 is 0 Å². The number of piperidine rings is 1. The number of halogens is 1. The number of aromatic nitrogens is 3.